The van der Waals surface area contributed by atoms with Crippen molar-refractivity contribution in [3.63, 3.8) is 0 Å². The average Bonchev–Trinajstić information content (AvgIpc) is 2.34. The normalized spacial score (nSPS) is 10.1. The summed E-state index contributed by atoms with van der Waals surface area (Å²) in [5.74, 6) is -0.728. The second-order valence-electron chi connectivity index (χ2n) is 3.59. The average molecular weight is 246 g/mol. The third kappa shape index (κ3) is 2.51. The van der Waals surface area contributed by atoms with Crippen LogP contribution in [0.3, 0.4) is 0 Å². The largest absolute Gasteiger partial charge is 0.478 e. The van der Waals surface area contributed by atoms with Crippen LogP contribution in [0.5, 0.6) is 0 Å². The van der Waals surface area contributed by atoms with E-state index in [-0.39, 0.29) is 5.56 Å². The van der Waals surface area contributed by atoms with Crippen molar-refractivity contribution in [1.29, 1.82) is 0 Å². The van der Waals surface area contributed by atoms with Gasteiger partial charge < -0.3 is 10.4 Å². The molecule has 0 amide bonds. The first-order valence-corrected chi connectivity index (χ1v) is 5.10. The van der Waals surface area contributed by atoms with Gasteiger partial charge in [-0.15, -0.1) is 0 Å². The number of aromatic carboxylic acids is 1. The van der Waals surface area contributed by atoms with Crippen LogP contribution in [0.25, 0.3) is 0 Å². The summed E-state index contributed by atoms with van der Waals surface area (Å²) >= 11 is 0. The van der Waals surface area contributed by atoms with E-state index in [1.807, 2.05) is 0 Å². The zero-order valence-corrected chi connectivity index (χ0v) is 9.47. The quantitative estimate of drug-likeness (QED) is 0.743. The number of carboxylic acids is 1. The molecule has 2 rings (SSSR count). The van der Waals surface area contributed by atoms with Crippen molar-refractivity contribution in [2.24, 2.45) is 0 Å². The molecule has 0 fully saturated rings. The topological polar surface area (TPSA) is 108 Å². The van der Waals surface area contributed by atoms with Crippen molar-refractivity contribution in [3.05, 3.63) is 46.0 Å². The SMILES string of the molecule is Cc1n[nH]c(=O)nc1Nc1cccc(C(=O)O)c1. The molecule has 1 heterocycles. The molecule has 2 aromatic rings. The van der Waals surface area contributed by atoms with Crippen LogP contribution in [0.1, 0.15) is 16.1 Å². The van der Waals surface area contributed by atoms with E-state index in [2.05, 4.69) is 20.5 Å². The maximum Gasteiger partial charge on any atom is 0.363 e. The lowest BCUT2D eigenvalue weighted by Gasteiger charge is -2.07. The molecule has 0 atom stereocenters. The van der Waals surface area contributed by atoms with Gasteiger partial charge in [0.1, 0.15) is 5.69 Å². The van der Waals surface area contributed by atoms with Gasteiger partial charge in [0, 0.05) is 5.69 Å². The third-order valence-corrected chi connectivity index (χ3v) is 2.25. The highest BCUT2D eigenvalue weighted by atomic mass is 16.4. The molecule has 0 saturated heterocycles. The van der Waals surface area contributed by atoms with Crippen molar-refractivity contribution >= 4 is 17.5 Å². The van der Waals surface area contributed by atoms with E-state index in [4.69, 9.17) is 5.11 Å². The fraction of sp³-hybridized carbons (Fsp3) is 0.0909. The summed E-state index contributed by atoms with van der Waals surface area (Å²) in [6.45, 7) is 1.67. The van der Waals surface area contributed by atoms with Crippen LogP contribution in [0.2, 0.25) is 0 Å². The van der Waals surface area contributed by atoms with Crippen LogP contribution >= 0.6 is 0 Å². The molecule has 0 aliphatic carbocycles. The highest BCUT2D eigenvalue weighted by Gasteiger charge is 2.06. The Kier molecular flexibility index (Phi) is 3.05. The lowest BCUT2D eigenvalue weighted by Crippen LogP contribution is -2.15. The number of nitrogens with zero attached hydrogens (tertiary/aromatic N) is 2. The predicted octanol–water partition coefficient (Wildman–Crippen LogP) is 0.915. The Balaban J connectivity index is 2.34. The van der Waals surface area contributed by atoms with E-state index in [0.29, 0.717) is 17.2 Å². The minimum absolute atomic E-state index is 0.149. The monoisotopic (exact) mass is 246 g/mol. The molecule has 0 unspecified atom stereocenters. The highest BCUT2D eigenvalue weighted by Crippen LogP contribution is 2.16. The van der Waals surface area contributed by atoms with Gasteiger partial charge in [0.15, 0.2) is 5.82 Å². The molecular weight excluding hydrogens is 236 g/mol. The van der Waals surface area contributed by atoms with Crippen LogP contribution < -0.4 is 11.0 Å². The first-order valence-electron chi connectivity index (χ1n) is 5.10. The van der Waals surface area contributed by atoms with Crippen molar-refractivity contribution in [2.45, 2.75) is 6.92 Å². The van der Waals surface area contributed by atoms with Gasteiger partial charge in [0.25, 0.3) is 0 Å². The van der Waals surface area contributed by atoms with Gasteiger partial charge in [-0.05, 0) is 25.1 Å². The zero-order valence-electron chi connectivity index (χ0n) is 9.47. The molecular formula is C11H10N4O3. The summed E-state index contributed by atoms with van der Waals surface area (Å²) < 4.78 is 0. The van der Waals surface area contributed by atoms with Gasteiger partial charge in [-0.3, -0.25) is 0 Å². The predicted molar refractivity (Wildman–Crippen MR) is 64.1 cm³/mol. The summed E-state index contributed by atoms with van der Waals surface area (Å²) in [6, 6.07) is 6.20. The molecule has 92 valence electrons. The van der Waals surface area contributed by atoms with Gasteiger partial charge in [0.2, 0.25) is 0 Å². The molecule has 0 aliphatic heterocycles. The molecule has 18 heavy (non-hydrogen) atoms. The minimum Gasteiger partial charge on any atom is -0.478 e. The molecule has 1 aromatic carbocycles. The number of H-pyrrole nitrogens is 1. The fourth-order valence-corrected chi connectivity index (χ4v) is 1.38. The molecule has 0 bridgehead atoms. The zero-order chi connectivity index (χ0) is 13.1. The van der Waals surface area contributed by atoms with E-state index in [9.17, 15) is 9.59 Å². The number of hydrogen-bond donors (Lipinski definition) is 3. The molecule has 0 saturated carbocycles. The van der Waals surface area contributed by atoms with E-state index in [0.717, 1.165) is 0 Å². The third-order valence-electron chi connectivity index (χ3n) is 2.25. The number of aromatic amines is 1. The number of aromatic nitrogens is 3. The number of carbonyl (C=O) groups is 1. The number of rotatable bonds is 3. The number of nitrogens with one attached hydrogen (secondary N) is 2. The Bertz CT molecular complexity index is 651. The lowest BCUT2D eigenvalue weighted by atomic mass is 10.2. The number of hydrogen-bond acceptors (Lipinski definition) is 5. The summed E-state index contributed by atoms with van der Waals surface area (Å²) in [7, 11) is 0. The van der Waals surface area contributed by atoms with Crippen molar-refractivity contribution in [3.8, 4) is 0 Å². The van der Waals surface area contributed by atoms with Gasteiger partial charge >= 0.3 is 11.7 Å². The first kappa shape index (κ1) is 11.8. The molecule has 7 heteroatoms. The van der Waals surface area contributed by atoms with Gasteiger partial charge in [-0.2, -0.15) is 10.1 Å². The highest BCUT2D eigenvalue weighted by molar-refractivity contribution is 5.89. The Morgan fingerprint density at radius 2 is 2.22 bits per heavy atom. The molecule has 0 spiro atoms. The van der Waals surface area contributed by atoms with E-state index in [1.54, 1.807) is 19.1 Å². The number of aryl methyl sites for hydroxylation is 1. The summed E-state index contributed by atoms with van der Waals surface area (Å²) in [6.07, 6.45) is 0. The Hall–Kier alpha value is -2.70. The standard InChI is InChI=1S/C11H10N4O3/c1-6-9(13-11(18)15-14-6)12-8-4-2-3-7(5-8)10(16)17/h2-5H,1H3,(H,16,17)(H2,12,13,15,18). The second kappa shape index (κ2) is 4.66. The number of anilines is 2. The summed E-state index contributed by atoms with van der Waals surface area (Å²) in [5.41, 5.74) is 0.612. The van der Waals surface area contributed by atoms with E-state index >= 15 is 0 Å². The molecule has 0 radical (unpaired) electrons. The molecule has 1 aromatic heterocycles. The van der Waals surface area contributed by atoms with Gasteiger partial charge in [0.05, 0.1) is 5.56 Å². The second-order valence-corrected chi connectivity index (χ2v) is 3.59. The summed E-state index contributed by atoms with van der Waals surface area (Å²) in [4.78, 5) is 25.6. The van der Waals surface area contributed by atoms with Crippen LogP contribution in [-0.2, 0) is 0 Å². The van der Waals surface area contributed by atoms with Crippen molar-refractivity contribution in [1.82, 2.24) is 15.2 Å². The number of carboxylic acid groups (broad SMARTS) is 1. The van der Waals surface area contributed by atoms with E-state index < -0.39 is 11.7 Å². The maximum absolute atomic E-state index is 11.0. The Morgan fingerprint density at radius 1 is 1.44 bits per heavy atom. The molecule has 0 aliphatic rings. The Morgan fingerprint density at radius 3 is 2.94 bits per heavy atom. The smallest absolute Gasteiger partial charge is 0.363 e. The lowest BCUT2D eigenvalue weighted by molar-refractivity contribution is 0.0697. The summed E-state index contributed by atoms with van der Waals surface area (Å²) in [5, 5.41) is 17.7. The first-order chi connectivity index (χ1) is 8.56. The van der Waals surface area contributed by atoms with Crippen LogP contribution in [0, 0.1) is 6.92 Å². The molecule has 7 nitrogen and oxygen atoms in total. The van der Waals surface area contributed by atoms with Crippen LogP contribution in [0.15, 0.2) is 29.1 Å². The van der Waals surface area contributed by atoms with Crippen molar-refractivity contribution < 1.29 is 9.90 Å². The van der Waals surface area contributed by atoms with Gasteiger partial charge in [-0.25, -0.2) is 14.7 Å². The maximum atomic E-state index is 11.0. The van der Waals surface area contributed by atoms with Crippen LogP contribution in [0.4, 0.5) is 11.5 Å². The van der Waals surface area contributed by atoms with Gasteiger partial charge in [-0.1, -0.05) is 6.07 Å². The Labute approximate surface area is 102 Å². The molecule has 3 N–H and O–H groups in total. The van der Waals surface area contributed by atoms with Crippen LogP contribution in [-0.4, -0.2) is 26.3 Å². The number of benzene rings is 1. The minimum atomic E-state index is -1.02. The fourth-order valence-electron chi connectivity index (χ4n) is 1.38. The van der Waals surface area contributed by atoms with Crippen molar-refractivity contribution in [2.75, 3.05) is 5.32 Å². The van der Waals surface area contributed by atoms with E-state index in [1.165, 1.54) is 12.1 Å².